The summed E-state index contributed by atoms with van der Waals surface area (Å²) < 4.78 is 6.39. The van der Waals surface area contributed by atoms with Crippen LogP contribution in [-0.4, -0.2) is 40.8 Å². The van der Waals surface area contributed by atoms with Crippen molar-refractivity contribution in [2.45, 2.75) is 19.1 Å². The fourth-order valence-electron chi connectivity index (χ4n) is 3.33. The Balaban J connectivity index is 1.76. The minimum atomic E-state index is -1.30. The van der Waals surface area contributed by atoms with E-state index >= 15 is 0 Å². The maximum absolute atomic E-state index is 10.9. The van der Waals surface area contributed by atoms with Crippen LogP contribution in [0.15, 0.2) is 90.0 Å². The van der Waals surface area contributed by atoms with Gasteiger partial charge in [0.05, 0.1) is 5.69 Å². The van der Waals surface area contributed by atoms with E-state index in [-0.39, 0.29) is 6.10 Å². The van der Waals surface area contributed by atoms with Crippen molar-refractivity contribution in [2.75, 3.05) is 19.0 Å². The Labute approximate surface area is 193 Å². The van der Waals surface area contributed by atoms with Gasteiger partial charge in [0.2, 0.25) is 5.17 Å². The molecule has 166 valence electrons. The van der Waals surface area contributed by atoms with Crippen molar-refractivity contribution in [1.82, 2.24) is 4.90 Å². The first-order valence-electron chi connectivity index (χ1n) is 10.3. The molecule has 0 aliphatic carbocycles. The largest absolute Gasteiger partial charge is 0.487 e. The molecule has 0 amide bonds. The number of carboxylic acid groups (broad SMARTS) is 1. The summed E-state index contributed by atoms with van der Waals surface area (Å²) in [5.41, 5.74) is 5.63. The van der Waals surface area contributed by atoms with Crippen LogP contribution < -0.4 is 10.2 Å². The highest BCUT2D eigenvalue weighted by Crippen LogP contribution is 2.26. The van der Waals surface area contributed by atoms with Crippen LogP contribution in [0.25, 0.3) is 0 Å². The second kappa shape index (κ2) is 11.9. The third kappa shape index (κ3) is 7.41. The van der Waals surface area contributed by atoms with E-state index in [0.29, 0.717) is 24.4 Å². The maximum Gasteiger partial charge on any atom is 0.368 e. The van der Waals surface area contributed by atoms with Crippen molar-refractivity contribution in [1.29, 1.82) is 0 Å². The monoisotopic (exact) mass is 451 g/mol. The summed E-state index contributed by atoms with van der Waals surface area (Å²) in [6, 6.07) is 27.7. The van der Waals surface area contributed by atoms with E-state index in [1.54, 1.807) is 6.07 Å². The molecule has 3 aromatic carbocycles. The average molecular weight is 452 g/mol. The van der Waals surface area contributed by atoms with Crippen LogP contribution >= 0.6 is 11.6 Å². The van der Waals surface area contributed by atoms with E-state index in [9.17, 15) is 4.79 Å². The van der Waals surface area contributed by atoms with Crippen LogP contribution in [-0.2, 0) is 17.8 Å². The zero-order chi connectivity index (χ0) is 22.8. The first kappa shape index (κ1) is 23.3. The van der Waals surface area contributed by atoms with Crippen molar-refractivity contribution in [3.63, 3.8) is 0 Å². The van der Waals surface area contributed by atoms with Crippen molar-refractivity contribution < 1.29 is 14.6 Å². The summed E-state index contributed by atoms with van der Waals surface area (Å²) in [5, 5.41) is 12.1. The van der Waals surface area contributed by atoms with Gasteiger partial charge in [-0.15, -0.1) is 0 Å². The van der Waals surface area contributed by atoms with Crippen molar-refractivity contribution in [3.05, 3.63) is 96.1 Å². The number of aliphatic carboxylic acids is 1. The molecule has 0 aliphatic heterocycles. The number of carboxylic acids is 1. The Morgan fingerprint density at radius 2 is 1.59 bits per heavy atom. The van der Waals surface area contributed by atoms with Gasteiger partial charge in [0, 0.05) is 19.5 Å². The molecule has 1 unspecified atom stereocenters. The molecule has 2 N–H and O–H groups in total. The number of hydrogen-bond acceptors (Lipinski definition) is 5. The lowest BCUT2D eigenvalue weighted by Gasteiger charge is -2.26. The topological polar surface area (TPSA) is 74.2 Å². The van der Waals surface area contributed by atoms with Gasteiger partial charge in [-0.2, -0.15) is 5.10 Å². The standard InChI is InChI=1S/C25H26ClN3O3/c1-29(17-20-12-6-3-7-13-20)18-21(16-19-10-4-2-5-11-19)32-23-15-9-8-14-22(23)27-28-24(26)25(30)31/h2-15,21,27H,16-18H2,1H3,(H,30,31). The average Bonchev–Trinajstić information content (AvgIpc) is 2.79. The van der Waals surface area contributed by atoms with Crippen LogP contribution in [0, 0.1) is 0 Å². The highest BCUT2D eigenvalue weighted by Gasteiger charge is 2.17. The molecule has 0 radical (unpaired) electrons. The Bertz CT molecular complexity index is 1030. The fourth-order valence-corrected chi connectivity index (χ4v) is 3.37. The highest BCUT2D eigenvalue weighted by molar-refractivity contribution is 6.81. The summed E-state index contributed by atoms with van der Waals surface area (Å²) in [4.78, 5) is 13.1. The van der Waals surface area contributed by atoms with E-state index in [2.05, 4.69) is 46.7 Å². The molecule has 1 atom stereocenters. The first-order chi connectivity index (χ1) is 15.5. The number of likely N-dealkylation sites (N-methyl/N-ethyl adjacent to an activating group) is 1. The van der Waals surface area contributed by atoms with Gasteiger partial charge in [-0.1, -0.05) is 84.4 Å². The highest BCUT2D eigenvalue weighted by atomic mass is 35.5. The second-order valence-corrected chi connectivity index (χ2v) is 7.79. The summed E-state index contributed by atoms with van der Waals surface area (Å²) in [7, 11) is 2.06. The summed E-state index contributed by atoms with van der Waals surface area (Å²) in [5.74, 6) is -0.734. The van der Waals surface area contributed by atoms with Crippen molar-refractivity contribution in [3.8, 4) is 5.75 Å². The van der Waals surface area contributed by atoms with Crippen LogP contribution in [0.4, 0.5) is 5.69 Å². The Morgan fingerprint density at radius 1 is 1.00 bits per heavy atom. The second-order valence-electron chi connectivity index (χ2n) is 7.43. The van der Waals surface area contributed by atoms with Crippen LogP contribution in [0.5, 0.6) is 5.75 Å². The van der Waals surface area contributed by atoms with E-state index in [1.165, 1.54) is 11.1 Å². The summed E-state index contributed by atoms with van der Waals surface area (Å²) in [6.07, 6.45) is 0.570. The van der Waals surface area contributed by atoms with Crippen LogP contribution in [0.1, 0.15) is 11.1 Å². The zero-order valence-electron chi connectivity index (χ0n) is 17.8. The minimum Gasteiger partial charge on any atom is -0.487 e. The maximum atomic E-state index is 10.9. The SMILES string of the molecule is CN(Cc1ccccc1)CC(Cc1ccccc1)Oc1ccccc1NN=C(Cl)C(=O)O. The van der Waals surface area contributed by atoms with Crippen molar-refractivity contribution in [2.24, 2.45) is 5.10 Å². The van der Waals surface area contributed by atoms with E-state index < -0.39 is 11.1 Å². The molecule has 0 saturated heterocycles. The molecule has 7 heteroatoms. The molecular formula is C25H26ClN3O3. The van der Waals surface area contributed by atoms with Gasteiger partial charge in [-0.3, -0.25) is 10.3 Å². The van der Waals surface area contributed by atoms with Gasteiger partial charge < -0.3 is 9.84 Å². The number of halogens is 1. The number of ether oxygens (including phenoxy) is 1. The lowest BCUT2D eigenvalue weighted by atomic mass is 10.1. The normalized spacial score (nSPS) is 12.4. The molecule has 0 heterocycles. The van der Waals surface area contributed by atoms with Gasteiger partial charge >= 0.3 is 5.97 Å². The number of anilines is 1. The number of hydrogen-bond donors (Lipinski definition) is 2. The van der Waals surface area contributed by atoms with E-state index in [0.717, 1.165) is 6.54 Å². The van der Waals surface area contributed by atoms with Crippen molar-refractivity contribution >= 4 is 28.4 Å². The van der Waals surface area contributed by atoms with Gasteiger partial charge in [0.25, 0.3) is 0 Å². The van der Waals surface area contributed by atoms with E-state index in [1.807, 2.05) is 54.6 Å². The predicted octanol–water partition coefficient (Wildman–Crippen LogP) is 4.86. The molecule has 0 aliphatic rings. The Hall–Kier alpha value is -3.35. The quantitative estimate of drug-likeness (QED) is 0.322. The number of para-hydroxylation sites is 2. The predicted molar refractivity (Wildman–Crippen MR) is 128 cm³/mol. The molecule has 3 aromatic rings. The lowest BCUT2D eigenvalue weighted by molar-refractivity contribution is -0.129. The molecule has 0 fully saturated rings. The number of nitrogens with zero attached hydrogens (tertiary/aromatic N) is 2. The molecule has 32 heavy (non-hydrogen) atoms. The lowest BCUT2D eigenvalue weighted by Crippen LogP contribution is -2.34. The molecular weight excluding hydrogens is 426 g/mol. The molecule has 3 rings (SSSR count). The smallest absolute Gasteiger partial charge is 0.368 e. The number of benzene rings is 3. The third-order valence-corrected chi connectivity index (χ3v) is 4.99. The number of rotatable bonds is 11. The van der Waals surface area contributed by atoms with Gasteiger partial charge in [-0.25, -0.2) is 4.79 Å². The Morgan fingerprint density at radius 3 is 2.25 bits per heavy atom. The van der Waals surface area contributed by atoms with Crippen LogP contribution in [0.3, 0.4) is 0 Å². The fraction of sp³-hybridized carbons (Fsp3) is 0.200. The van der Waals surface area contributed by atoms with Crippen LogP contribution in [0.2, 0.25) is 0 Å². The zero-order valence-corrected chi connectivity index (χ0v) is 18.6. The first-order valence-corrected chi connectivity index (χ1v) is 10.6. The van der Waals surface area contributed by atoms with E-state index in [4.69, 9.17) is 21.4 Å². The van der Waals surface area contributed by atoms with Gasteiger partial charge in [-0.05, 0) is 30.3 Å². The summed E-state index contributed by atoms with van der Waals surface area (Å²) >= 11 is 5.62. The molecule has 0 aromatic heterocycles. The number of carbonyl (C=O) groups is 1. The number of nitrogens with one attached hydrogen (secondary N) is 1. The van der Waals surface area contributed by atoms with Gasteiger partial charge in [0.1, 0.15) is 11.9 Å². The molecule has 0 bridgehead atoms. The Kier molecular flexibility index (Phi) is 8.66. The molecule has 6 nitrogen and oxygen atoms in total. The minimum absolute atomic E-state index is 0.145. The molecule has 0 spiro atoms. The summed E-state index contributed by atoms with van der Waals surface area (Å²) in [6.45, 7) is 1.49. The third-order valence-electron chi connectivity index (χ3n) is 4.75. The molecule has 0 saturated carbocycles. The number of hydrazone groups is 1. The van der Waals surface area contributed by atoms with Gasteiger partial charge in [0.15, 0.2) is 0 Å².